The normalized spacial score (nSPS) is 12.4. The SMILES string of the molecule is CC(N)C=C(c1cccs1)c1cccs1. The molecule has 2 N–H and O–H groups in total. The minimum Gasteiger partial charge on any atom is -0.325 e. The smallest absolute Gasteiger partial charge is 0.0354 e. The summed E-state index contributed by atoms with van der Waals surface area (Å²) in [6, 6.07) is 8.51. The summed E-state index contributed by atoms with van der Waals surface area (Å²) < 4.78 is 0. The summed E-state index contributed by atoms with van der Waals surface area (Å²) in [4.78, 5) is 2.57. The van der Waals surface area contributed by atoms with Crippen molar-refractivity contribution in [2.45, 2.75) is 13.0 Å². The molecule has 0 amide bonds. The van der Waals surface area contributed by atoms with Crippen molar-refractivity contribution in [3.05, 3.63) is 50.9 Å². The minimum absolute atomic E-state index is 0.0872. The van der Waals surface area contributed by atoms with E-state index in [1.807, 2.05) is 6.92 Å². The first kappa shape index (κ1) is 10.6. The average molecular weight is 235 g/mol. The molecule has 0 saturated carbocycles. The molecule has 2 aromatic heterocycles. The van der Waals surface area contributed by atoms with E-state index in [0.29, 0.717) is 0 Å². The monoisotopic (exact) mass is 235 g/mol. The lowest BCUT2D eigenvalue weighted by Crippen LogP contribution is -2.11. The van der Waals surface area contributed by atoms with Crippen LogP contribution in [0.5, 0.6) is 0 Å². The van der Waals surface area contributed by atoms with Gasteiger partial charge in [-0.2, -0.15) is 0 Å². The first-order chi connectivity index (χ1) is 7.27. The predicted molar refractivity (Wildman–Crippen MR) is 69.4 cm³/mol. The number of hydrogen-bond donors (Lipinski definition) is 1. The van der Waals surface area contributed by atoms with E-state index in [2.05, 4.69) is 41.1 Å². The van der Waals surface area contributed by atoms with Gasteiger partial charge in [0, 0.05) is 21.4 Å². The second-order valence-electron chi connectivity index (χ2n) is 3.39. The van der Waals surface area contributed by atoms with Gasteiger partial charge < -0.3 is 5.73 Å². The molecule has 1 unspecified atom stereocenters. The van der Waals surface area contributed by atoms with Crippen LogP contribution in [0.15, 0.2) is 41.1 Å². The Morgan fingerprint density at radius 1 is 1.20 bits per heavy atom. The molecule has 0 aliphatic heterocycles. The Kier molecular flexibility index (Phi) is 3.36. The lowest BCUT2D eigenvalue weighted by Gasteiger charge is -2.04. The molecule has 0 spiro atoms. The standard InChI is InChI=1S/C12H13NS2/c1-9(13)8-10(11-4-2-6-14-11)12-5-3-7-15-12/h2-9H,13H2,1H3. The fourth-order valence-corrected chi connectivity index (χ4v) is 3.01. The van der Waals surface area contributed by atoms with Crippen LogP contribution in [-0.4, -0.2) is 6.04 Å². The lowest BCUT2D eigenvalue weighted by molar-refractivity contribution is 0.928. The highest BCUT2D eigenvalue weighted by molar-refractivity contribution is 7.13. The second kappa shape index (κ2) is 4.75. The van der Waals surface area contributed by atoms with Crippen molar-refractivity contribution >= 4 is 28.2 Å². The first-order valence-corrected chi connectivity index (χ1v) is 6.58. The van der Waals surface area contributed by atoms with Crippen molar-refractivity contribution in [2.75, 3.05) is 0 Å². The molecule has 1 atom stereocenters. The third kappa shape index (κ3) is 2.56. The summed E-state index contributed by atoms with van der Waals surface area (Å²) in [5.74, 6) is 0. The van der Waals surface area contributed by atoms with E-state index >= 15 is 0 Å². The maximum atomic E-state index is 5.84. The van der Waals surface area contributed by atoms with Crippen LogP contribution in [0, 0.1) is 0 Å². The Hall–Kier alpha value is -0.900. The van der Waals surface area contributed by atoms with Crippen LogP contribution in [0.1, 0.15) is 16.7 Å². The molecular weight excluding hydrogens is 222 g/mol. The van der Waals surface area contributed by atoms with E-state index in [-0.39, 0.29) is 6.04 Å². The van der Waals surface area contributed by atoms with Gasteiger partial charge in [-0.15, -0.1) is 22.7 Å². The summed E-state index contributed by atoms with van der Waals surface area (Å²) in [6.07, 6.45) is 2.12. The second-order valence-corrected chi connectivity index (χ2v) is 5.29. The zero-order chi connectivity index (χ0) is 10.7. The van der Waals surface area contributed by atoms with Gasteiger partial charge in [-0.05, 0) is 29.8 Å². The van der Waals surface area contributed by atoms with Gasteiger partial charge in [-0.3, -0.25) is 0 Å². The highest BCUT2D eigenvalue weighted by atomic mass is 32.1. The maximum Gasteiger partial charge on any atom is 0.0354 e. The third-order valence-corrected chi connectivity index (χ3v) is 3.81. The van der Waals surface area contributed by atoms with E-state index in [1.165, 1.54) is 15.3 Å². The minimum atomic E-state index is 0.0872. The molecule has 2 rings (SSSR count). The average Bonchev–Trinajstić information content (AvgIpc) is 2.87. The van der Waals surface area contributed by atoms with Gasteiger partial charge in [0.1, 0.15) is 0 Å². The molecule has 0 saturated heterocycles. The Morgan fingerprint density at radius 2 is 1.73 bits per heavy atom. The van der Waals surface area contributed by atoms with Crippen LogP contribution in [0.25, 0.3) is 5.57 Å². The first-order valence-electron chi connectivity index (χ1n) is 4.82. The van der Waals surface area contributed by atoms with Crippen molar-refractivity contribution in [1.82, 2.24) is 0 Å². The van der Waals surface area contributed by atoms with Gasteiger partial charge in [0.15, 0.2) is 0 Å². The van der Waals surface area contributed by atoms with Crippen LogP contribution in [0.3, 0.4) is 0 Å². The summed E-state index contributed by atoms with van der Waals surface area (Å²) in [5, 5.41) is 4.19. The molecule has 0 fully saturated rings. The zero-order valence-corrected chi connectivity index (χ0v) is 10.1. The summed E-state index contributed by atoms with van der Waals surface area (Å²) in [7, 11) is 0. The number of thiophene rings is 2. The number of hydrogen-bond acceptors (Lipinski definition) is 3. The highest BCUT2D eigenvalue weighted by Gasteiger charge is 2.07. The molecule has 1 nitrogen and oxygen atoms in total. The molecule has 0 aromatic carbocycles. The molecule has 0 bridgehead atoms. The van der Waals surface area contributed by atoms with Crippen LogP contribution in [0.4, 0.5) is 0 Å². The van der Waals surface area contributed by atoms with Crippen molar-refractivity contribution < 1.29 is 0 Å². The zero-order valence-electron chi connectivity index (χ0n) is 8.51. The summed E-state index contributed by atoms with van der Waals surface area (Å²) in [6.45, 7) is 2.00. The van der Waals surface area contributed by atoms with Gasteiger partial charge in [0.25, 0.3) is 0 Å². The number of rotatable bonds is 3. The van der Waals surface area contributed by atoms with E-state index in [1.54, 1.807) is 22.7 Å². The van der Waals surface area contributed by atoms with Crippen molar-refractivity contribution in [3.63, 3.8) is 0 Å². The highest BCUT2D eigenvalue weighted by Crippen LogP contribution is 2.30. The van der Waals surface area contributed by atoms with Crippen LogP contribution >= 0.6 is 22.7 Å². The van der Waals surface area contributed by atoms with Crippen molar-refractivity contribution in [2.24, 2.45) is 5.73 Å². The molecule has 2 heterocycles. The Balaban J connectivity index is 2.42. The largest absolute Gasteiger partial charge is 0.325 e. The Labute approximate surface area is 97.9 Å². The van der Waals surface area contributed by atoms with Crippen molar-refractivity contribution in [3.8, 4) is 0 Å². The van der Waals surface area contributed by atoms with Gasteiger partial charge in [-0.1, -0.05) is 18.2 Å². The van der Waals surface area contributed by atoms with E-state index in [4.69, 9.17) is 5.73 Å². The molecular formula is C12H13NS2. The van der Waals surface area contributed by atoms with Crippen LogP contribution in [0.2, 0.25) is 0 Å². The van der Waals surface area contributed by atoms with E-state index < -0.39 is 0 Å². The molecule has 15 heavy (non-hydrogen) atoms. The van der Waals surface area contributed by atoms with E-state index in [0.717, 1.165) is 0 Å². The third-order valence-electron chi connectivity index (χ3n) is 2.00. The van der Waals surface area contributed by atoms with Gasteiger partial charge in [0.2, 0.25) is 0 Å². The maximum absolute atomic E-state index is 5.84. The molecule has 3 heteroatoms. The predicted octanol–water partition coefficient (Wildman–Crippen LogP) is 3.59. The topological polar surface area (TPSA) is 26.0 Å². The van der Waals surface area contributed by atoms with Gasteiger partial charge in [0.05, 0.1) is 0 Å². The molecule has 0 aliphatic rings. The fourth-order valence-electron chi connectivity index (χ4n) is 1.41. The molecule has 0 radical (unpaired) electrons. The van der Waals surface area contributed by atoms with Crippen LogP contribution in [-0.2, 0) is 0 Å². The van der Waals surface area contributed by atoms with Gasteiger partial charge in [-0.25, -0.2) is 0 Å². The Morgan fingerprint density at radius 3 is 2.07 bits per heavy atom. The molecule has 2 aromatic rings. The quantitative estimate of drug-likeness (QED) is 0.864. The van der Waals surface area contributed by atoms with Crippen LogP contribution < -0.4 is 5.73 Å². The fraction of sp³-hybridized carbons (Fsp3) is 0.167. The van der Waals surface area contributed by atoms with Crippen molar-refractivity contribution in [1.29, 1.82) is 0 Å². The molecule has 78 valence electrons. The lowest BCUT2D eigenvalue weighted by atomic mass is 10.1. The van der Waals surface area contributed by atoms with Gasteiger partial charge >= 0.3 is 0 Å². The Bertz CT molecular complexity index is 388. The molecule has 0 aliphatic carbocycles. The summed E-state index contributed by atoms with van der Waals surface area (Å²) >= 11 is 3.51. The number of nitrogens with two attached hydrogens (primary N) is 1. The summed E-state index contributed by atoms with van der Waals surface area (Å²) in [5.41, 5.74) is 7.10. The van der Waals surface area contributed by atoms with E-state index in [9.17, 15) is 0 Å².